The van der Waals surface area contributed by atoms with Gasteiger partial charge in [0.2, 0.25) is 11.0 Å². The maximum Gasteiger partial charge on any atom is 0.242 e. The van der Waals surface area contributed by atoms with E-state index in [1.807, 2.05) is 47.4 Å². The first kappa shape index (κ1) is 21.8. The van der Waals surface area contributed by atoms with E-state index < -0.39 is 0 Å². The van der Waals surface area contributed by atoms with Crippen LogP contribution in [0.1, 0.15) is 36.7 Å². The van der Waals surface area contributed by atoms with Gasteiger partial charge in [-0.1, -0.05) is 61.0 Å². The molecule has 4 rings (SSSR count). The van der Waals surface area contributed by atoms with Gasteiger partial charge in [-0.2, -0.15) is 4.37 Å². The predicted octanol–water partition coefficient (Wildman–Crippen LogP) is 5.05. The second-order valence-electron chi connectivity index (χ2n) is 8.20. The molecule has 0 radical (unpaired) electrons. The van der Waals surface area contributed by atoms with Crippen LogP contribution in [0.3, 0.4) is 0 Å². The number of carbonyl (C=O) groups is 1. The lowest BCUT2D eigenvalue weighted by atomic mass is 9.99. The quantitative estimate of drug-likeness (QED) is 0.501. The Morgan fingerprint density at radius 1 is 1.10 bits per heavy atom. The molecule has 1 aromatic heterocycles. The number of carbonyl (C=O) groups excluding carboxylic acids is 1. The van der Waals surface area contributed by atoms with Crippen molar-refractivity contribution < 1.29 is 4.79 Å². The number of likely N-dealkylation sites (tertiary alicyclic amines) is 1. The molecule has 162 valence electrons. The highest BCUT2D eigenvalue weighted by Crippen LogP contribution is 2.23. The molecule has 1 fully saturated rings. The first-order valence-electron chi connectivity index (χ1n) is 10.7. The fraction of sp³-hybridized carbons (Fsp3) is 0.375. The molecule has 2 aromatic carbocycles. The highest BCUT2D eigenvalue weighted by Gasteiger charge is 2.24. The molecule has 1 amide bonds. The third-order valence-corrected chi connectivity index (χ3v) is 6.75. The highest BCUT2D eigenvalue weighted by molar-refractivity contribution is 7.09. The van der Waals surface area contributed by atoms with Gasteiger partial charge in [-0.3, -0.25) is 4.79 Å². The molecule has 0 saturated carbocycles. The molecule has 3 aromatic rings. The third-order valence-electron chi connectivity index (χ3n) is 5.68. The Hall–Kier alpha value is -2.44. The van der Waals surface area contributed by atoms with Crippen LogP contribution in [0.15, 0.2) is 54.6 Å². The third kappa shape index (κ3) is 6.05. The molecular weight excluding hydrogens is 428 g/mol. The molecule has 1 aliphatic rings. The minimum absolute atomic E-state index is 0.164. The Bertz CT molecular complexity index is 984. The molecule has 0 aliphatic carbocycles. The van der Waals surface area contributed by atoms with Crippen LogP contribution in [0.5, 0.6) is 0 Å². The first-order chi connectivity index (χ1) is 15.1. The molecule has 1 aliphatic heterocycles. The molecule has 2 heterocycles. The summed E-state index contributed by atoms with van der Waals surface area (Å²) >= 11 is 7.34. The minimum atomic E-state index is 0.164. The number of amides is 1. The number of piperidine rings is 1. The predicted molar refractivity (Wildman–Crippen MR) is 127 cm³/mol. The number of anilines is 1. The summed E-state index contributed by atoms with van der Waals surface area (Å²) in [5.74, 6) is 1.62. The summed E-state index contributed by atoms with van der Waals surface area (Å²) in [5.41, 5.74) is 2.26. The molecule has 7 heteroatoms. The van der Waals surface area contributed by atoms with E-state index in [2.05, 4.69) is 28.3 Å². The van der Waals surface area contributed by atoms with E-state index in [1.165, 1.54) is 11.5 Å². The summed E-state index contributed by atoms with van der Waals surface area (Å²) in [5, 5.41) is 1.50. The second kappa shape index (κ2) is 10.2. The number of hydrogen-bond donors (Lipinski definition) is 0. The van der Waals surface area contributed by atoms with Crippen molar-refractivity contribution in [1.29, 1.82) is 0 Å². The highest BCUT2D eigenvalue weighted by atomic mass is 35.5. The van der Waals surface area contributed by atoms with Crippen LogP contribution in [0.25, 0.3) is 0 Å². The fourth-order valence-corrected chi connectivity index (χ4v) is 4.56. The van der Waals surface area contributed by atoms with Gasteiger partial charge in [0.25, 0.3) is 0 Å². The molecule has 5 nitrogen and oxygen atoms in total. The number of halogens is 1. The van der Waals surface area contributed by atoms with Gasteiger partial charge in [0.1, 0.15) is 5.82 Å². The lowest BCUT2D eigenvalue weighted by Gasteiger charge is -2.32. The van der Waals surface area contributed by atoms with Crippen LogP contribution >= 0.6 is 23.1 Å². The van der Waals surface area contributed by atoms with E-state index in [9.17, 15) is 4.79 Å². The van der Waals surface area contributed by atoms with Gasteiger partial charge in [0.05, 0.1) is 6.54 Å². The van der Waals surface area contributed by atoms with E-state index in [0.29, 0.717) is 25.4 Å². The standard InChI is InChI=1S/C24H27ClN4OS/c1-18-11-13-28(14-12-18)23(30)17-29(16-20-5-3-2-4-6-20)24-26-22(27-31-24)15-19-7-9-21(25)10-8-19/h2-10,18H,11-17H2,1H3. The molecule has 0 atom stereocenters. The Morgan fingerprint density at radius 3 is 2.52 bits per heavy atom. The van der Waals surface area contributed by atoms with E-state index in [-0.39, 0.29) is 5.91 Å². The zero-order valence-electron chi connectivity index (χ0n) is 17.7. The largest absolute Gasteiger partial charge is 0.341 e. The van der Waals surface area contributed by atoms with Crippen molar-refractivity contribution in [3.05, 3.63) is 76.6 Å². The SMILES string of the molecule is CC1CCN(C(=O)CN(Cc2ccccc2)c2nc(Cc3ccc(Cl)cc3)ns2)CC1. The molecule has 0 unspecified atom stereocenters. The number of benzene rings is 2. The van der Waals surface area contributed by atoms with Crippen LogP contribution in [0, 0.1) is 5.92 Å². The first-order valence-corrected chi connectivity index (χ1v) is 11.9. The van der Waals surface area contributed by atoms with Gasteiger partial charge in [0, 0.05) is 42.6 Å². The van der Waals surface area contributed by atoms with Gasteiger partial charge < -0.3 is 9.80 Å². The zero-order valence-corrected chi connectivity index (χ0v) is 19.3. The van der Waals surface area contributed by atoms with E-state index in [1.54, 1.807) is 0 Å². The Kier molecular flexibility index (Phi) is 7.20. The maximum absolute atomic E-state index is 13.0. The zero-order chi connectivity index (χ0) is 21.6. The molecule has 0 spiro atoms. The summed E-state index contributed by atoms with van der Waals surface area (Å²) < 4.78 is 4.56. The van der Waals surface area contributed by atoms with Crippen LogP contribution < -0.4 is 4.90 Å². The van der Waals surface area contributed by atoms with Crippen LogP contribution in [-0.2, 0) is 17.8 Å². The molecule has 31 heavy (non-hydrogen) atoms. The monoisotopic (exact) mass is 454 g/mol. The molecule has 0 bridgehead atoms. The molecule has 1 saturated heterocycles. The number of rotatable bonds is 7. The summed E-state index contributed by atoms with van der Waals surface area (Å²) in [7, 11) is 0. The van der Waals surface area contributed by atoms with Gasteiger partial charge in [-0.15, -0.1) is 0 Å². The van der Waals surface area contributed by atoms with Gasteiger partial charge in [-0.05, 0) is 42.0 Å². The Labute approximate surface area is 192 Å². The van der Waals surface area contributed by atoms with Crippen molar-refractivity contribution in [2.45, 2.75) is 32.7 Å². The van der Waals surface area contributed by atoms with E-state index in [4.69, 9.17) is 16.6 Å². The Morgan fingerprint density at radius 2 is 1.81 bits per heavy atom. The van der Waals surface area contributed by atoms with Crippen molar-refractivity contribution in [2.24, 2.45) is 5.92 Å². The maximum atomic E-state index is 13.0. The van der Waals surface area contributed by atoms with Crippen LogP contribution in [-0.4, -0.2) is 39.8 Å². The number of hydrogen-bond acceptors (Lipinski definition) is 5. The normalized spacial score (nSPS) is 14.6. The Balaban J connectivity index is 1.49. The topological polar surface area (TPSA) is 49.3 Å². The van der Waals surface area contributed by atoms with Crippen molar-refractivity contribution >= 4 is 34.2 Å². The summed E-state index contributed by atoms with van der Waals surface area (Å²) in [6, 6.07) is 17.9. The van der Waals surface area contributed by atoms with Gasteiger partial charge >= 0.3 is 0 Å². The van der Waals surface area contributed by atoms with Crippen molar-refractivity contribution in [2.75, 3.05) is 24.5 Å². The summed E-state index contributed by atoms with van der Waals surface area (Å²) in [6.07, 6.45) is 2.80. The molecular formula is C24H27ClN4OS. The van der Waals surface area contributed by atoms with E-state index in [0.717, 1.165) is 53.0 Å². The summed E-state index contributed by atoms with van der Waals surface area (Å²) in [4.78, 5) is 21.8. The average molecular weight is 455 g/mol. The fourth-order valence-electron chi connectivity index (χ4n) is 3.75. The lowest BCUT2D eigenvalue weighted by molar-refractivity contribution is -0.131. The molecule has 0 N–H and O–H groups in total. The number of nitrogens with zero attached hydrogens (tertiary/aromatic N) is 4. The lowest BCUT2D eigenvalue weighted by Crippen LogP contribution is -2.43. The van der Waals surface area contributed by atoms with Crippen LogP contribution in [0.2, 0.25) is 5.02 Å². The van der Waals surface area contributed by atoms with E-state index >= 15 is 0 Å². The minimum Gasteiger partial charge on any atom is -0.341 e. The van der Waals surface area contributed by atoms with Crippen molar-refractivity contribution in [3.8, 4) is 0 Å². The van der Waals surface area contributed by atoms with Gasteiger partial charge in [0.15, 0.2) is 0 Å². The van der Waals surface area contributed by atoms with Crippen LogP contribution in [0.4, 0.5) is 5.13 Å². The van der Waals surface area contributed by atoms with Crippen molar-refractivity contribution in [1.82, 2.24) is 14.3 Å². The van der Waals surface area contributed by atoms with Crippen molar-refractivity contribution in [3.63, 3.8) is 0 Å². The smallest absolute Gasteiger partial charge is 0.242 e. The second-order valence-corrected chi connectivity index (χ2v) is 9.37. The number of aromatic nitrogens is 2. The summed E-state index contributed by atoms with van der Waals surface area (Å²) in [6.45, 7) is 4.90. The average Bonchev–Trinajstić information content (AvgIpc) is 3.24. The van der Waals surface area contributed by atoms with Gasteiger partial charge in [-0.25, -0.2) is 4.98 Å².